The Bertz CT molecular complexity index is 1100. The molecule has 2 heterocycles. The van der Waals surface area contributed by atoms with E-state index in [1.165, 1.54) is 5.56 Å². The van der Waals surface area contributed by atoms with Crippen LogP contribution in [0.1, 0.15) is 38.1 Å². The fourth-order valence-corrected chi connectivity index (χ4v) is 5.15. The standard InChI is InChI=1S/C26H32N4O3S/c1-26(2)17-20(12-14-33-26)24(31)27-18-23-28-29-25(34-15-13-19-8-5-4-6-9-19)30(23)21-10-7-11-22(16-21)32-3/h4-11,16,20H,12-15,17-18H2,1-3H3,(H,27,31)/t20-/m1/s1. The monoisotopic (exact) mass is 480 g/mol. The number of carbonyl (C=O) groups excluding carboxylic acids is 1. The zero-order valence-corrected chi connectivity index (χ0v) is 20.8. The lowest BCUT2D eigenvalue weighted by molar-refractivity contribution is -0.135. The molecule has 1 saturated heterocycles. The number of methoxy groups -OCH3 is 1. The summed E-state index contributed by atoms with van der Waals surface area (Å²) in [6, 6.07) is 18.2. The van der Waals surface area contributed by atoms with Crippen molar-refractivity contribution in [1.29, 1.82) is 0 Å². The highest BCUT2D eigenvalue weighted by molar-refractivity contribution is 7.99. The molecule has 0 unspecified atom stereocenters. The number of ether oxygens (including phenoxy) is 2. The van der Waals surface area contributed by atoms with E-state index in [1.807, 2.05) is 48.7 Å². The summed E-state index contributed by atoms with van der Waals surface area (Å²) in [4.78, 5) is 12.9. The number of nitrogens with zero attached hydrogens (tertiary/aromatic N) is 3. The van der Waals surface area contributed by atoms with Gasteiger partial charge in [0.1, 0.15) is 5.75 Å². The first-order valence-electron chi connectivity index (χ1n) is 11.6. The van der Waals surface area contributed by atoms with Gasteiger partial charge in [-0.1, -0.05) is 48.2 Å². The molecule has 1 amide bonds. The van der Waals surface area contributed by atoms with Gasteiger partial charge in [-0.2, -0.15) is 0 Å². The third kappa shape index (κ3) is 6.18. The van der Waals surface area contributed by atoms with Crippen LogP contribution in [0.25, 0.3) is 5.69 Å². The van der Waals surface area contributed by atoms with Crippen LogP contribution in [0.3, 0.4) is 0 Å². The molecule has 7 nitrogen and oxygen atoms in total. The third-order valence-electron chi connectivity index (χ3n) is 5.97. The van der Waals surface area contributed by atoms with E-state index in [2.05, 4.69) is 39.8 Å². The Morgan fingerprint density at radius 2 is 2.03 bits per heavy atom. The molecule has 1 aliphatic rings. The number of aromatic nitrogens is 3. The fourth-order valence-electron chi connectivity index (χ4n) is 4.19. The van der Waals surface area contributed by atoms with Crippen LogP contribution >= 0.6 is 11.8 Å². The number of benzene rings is 2. The second-order valence-corrected chi connectivity index (χ2v) is 10.1. The first kappa shape index (κ1) is 24.3. The Hall–Kier alpha value is -2.84. The van der Waals surface area contributed by atoms with Crippen LogP contribution < -0.4 is 10.1 Å². The number of hydrogen-bond acceptors (Lipinski definition) is 6. The minimum atomic E-state index is -0.274. The van der Waals surface area contributed by atoms with Crippen molar-refractivity contribution in [2.24, 2.45) is 5.92 Å². The van der Waals surface area contributed by atoms with Crippen molar-refractivity contribution in [3.8, 4) is 11.4 Å². The van der Waals surface area contributed by atoms with Crippen LogP contribution in [0.2, 0.25) is 0 Å². The number of aryl methyl sites for hydroxylation is 1. The predicted octanol–water partition coefficient (Wildman–Crippen LogP) is 4.43. The first-order chi connectivity index (χ1) is 16.4. The van der Waals surface area contributed by atoms with Gasteiger partial charge in [-0.15, -0.1) is 10.2 Å². The van der Waals surface area contributed by atoms with E-state index in [4.69, 9.17) is 9.47 Å². The van der Waals surface area contributed by atoms with Crippen molar-refractivity contribution in [3.05, 3.63) is 66.0 Å². The second kappa shape index (κ2) is 11.1. The molecule has 0 bridgehead atoms. The van der Waals surface area contributed by atoms with Crippen molar-refractivity contribution >= 4 is 17.7 Å². The van der Waals surface area contributed by atoms with Gasteiger partial charge >= 0.3 is 0 Å². The normalized spacial score (nSPS) is 17.3. The van der Waals surface area contributed by atoms with Crippen molar-refractivity contribution in [2.75, 3.05) is 19.5 Å². The van der Waals surface area contributed by atoms with E-state index >= 15 is 0 Å². The molecule has 0 aliphatic carbocycles. The van der Waals surface area contributed by atoms with Crippen LogP contribution in [0.15, 0.2) is 59.8 Å². The number of carbonyl (C=O) groups is 1. The smallest absolute Gasteiger partial charge is 0.223 e. The summed E-state index contributed by atoms with van der Waals surface area (Å²) in [5.74, 6) is 2.29. The number of thioether (sulfide) groups is 1. The maximum Gasteiger partial charge on any atom is 0.223 e. The van der Waals surface area contributed by atoms with Crippen LogP contribution in [-0.4, -0.2) is 45.7 Å². The molecule has 1 aliphatic heterocycles. The summed E-state index contributed by atoms with van der Waals surface area (Å²) in [6.45, 7) is 4.98. The first-order valence-corrected chi connectivity index (χ1v) is 12.6. The minimum Gasteiger partial charge on any atom is -0.497 e. The van der Waals surface area contributed by atoms with Crippen LogP contribution in [0, 0.1) is 5.92 Å². The summed E-state index contributed by atoms with van der Waals surface area (Å²) < 4.78 is 13.2. The zero-order chi connectivity index (χ0) is 24.0. The Morgan fingerprint density at radius 1 is 1.21 bits per heavy atom. The Kier molecular flexibility index (Phi) is 7.90. The fraction of sp³-hybridized carbons (Fsp3) is 0.423. The molecule has 1 fully saturated rings. The number of amides is 1. The average molecular weight is 481 g/mol. The van der Waals surface area contributed by atoms with Crippen molar-refractivity contribution in [1.82, 2.24) is 20.1 Å². The number of hydrogen-bond donors (Lipinski definition) is 1. The number of nitrogens with one attached hydrogen (secondary N) is 1. The Morgan fingerprint density at radius 3 is 2.79 bits per heavy atom. The van der Waals surface area contributed by atoms with Gasteiger partial charge in [-0.25, -0.2) is 0 Å². The molecule has 0 saturated carbocycles. The van der Waals surface area contributed by atoms with E-state index in [1.54, 1.807) is 18.9 Å². The highest BCUT2D eigenvalue weighted by Gasteiger charge is 2.33. The van der Waals surface area contributed by atoms with Gasteiger partial charge in [0.2, 0.25) is 5.91 Å². The van der Waals surface area contributed by atoms with E-state index in [-0.39, 0.29) is 17.4 Å². The molecular formula is C26H32N4O3S. The molecule has 8 heteroatoms. The van der Waals surface area contributed by atoms with E-state index in [0.29, 0.717) is 25.4 Å². The van der Waals surface area contributed by atoms with Gasteiger partial charge in [0.25, 0.3) is 0 Å². The lowest BCUT2D eigenvalue weighted by Crippen LogP contribution is -2.41. The maximum absolute atomic E-state index is 12.9. The van der Waals surface area contributed by atoms with Crippen LogP contribution in [0.4, 0.5) is 0 Å². The molecule has 3 aromatic rings. The summed E-state index contributed by atoms with van der Waals surface area (Å²) in [5, 5.41) is 12.8. The lowest BCUT2D eigenvalue weighted by Gasteiger charge is -2.34. The highest BCUT2D eigenvalue weighted by atomic mass is 32.2. The predicted molar refractivity (Wildman–Crippen MR) is 133 cm³/mol. The molecule has 2 aromatic carbocycles. The van der Waals surface area contributed by atoms with Gasteiger partial charge in [0.05, 0.1) is 24.9 Å². The Labute approximate surface area is 205 Å². The summed E-state index contributed by atoms with van der Waals surface area (Å²) in [6.07, 6.45) is 2.38. The average Bonchev–Trinajstić information content (AvgIpc) is 3.25. The molecule has 4 rings (SSSR count). The molecule has 34 heavy (non-hydrogen) atoms. The second-order valence-electron chi connectivity index (χ2n) is 9.04. The molecule has 0 radical (unpaired) electrons. The topological polar surface area (TPSA) is 78.3 Å². The largest absolute Gasteiger partial charge is 0.497 e. The van der Waals surface area contributed by atoms with Gasteiger partial charge in [0, 0.05) is 24.3 Å². The van der Waals surface area contributed by atoms with E-state index in [0.717, 1.165) is 35.2 Å². The molecule has 1 aromatic heterocycles. The quantitative estimate of drug-likeness (QED) is 0.457. The van der Waals surface area contributed by atoms with Crippen molar-refractivity contribution < 1.29 is 14.3 Å². The van der Waals surface area contributed by atoms with Gasteiger partial charge in [0.15, 0.2) is 11.0 Å². The van der Waals surface area contributed by atoms with Crippen molar-refractivity contribution in [3.63, 3.8) is 0 Å². The van der Waals surface area contributed by atoms with E-state index in [9.17, 15) is 4.79 Å². The molecular weight excluding hydrogens is 448 g/mol. The van der Waals surface area contributed by atoms with Gasteiger partial charge in [-0.05, 0) is 50.8 Å². The zero-order valence-electron chi connectivity index (χ0n) is 20.0. The van der Waals surface area contributed by atoms with Crippen LogP contribution in [0.5, 0.6) is 5.75 Å². The SMILES string of the molecule is COc1cccc(-n2c(CNC(=O)[C@@H]3CCOC(C)(C)C3)nnc2SCCc2ccccc2)c1. The maximum atomic E-state index is 12.9. The minimum absolute atomic E-state index is 0.0369. The molecule has 1 N–H and O–H groups in total. The summed E-state index contributed by atoms with van der Waals surface area (Å²) >= 11 is 1.65. The highest BCUT2D eigenvalue weighted by Crippen LogP contribution is 2.29. The molecule has 0 spiro atoms. The molecule has 180 valence electrons. The molecule has 1 atom stereocenters. The van der Waals surface area contributed by atoms with Crippen molar-refractivity contribution in [2.45, 2.75) is 50.4 Å². The van der Waals surface area contributed by atoms with E-state index < -0.39 is 0 Å². The Balaban J connectivity index is 1.50. The lowest BCUT2D eigenvalue weighted by atomic mass is 9.88. The summed E-state index contributed by atoms with van der Waals surface area (Å²) in [7, 11) is 1.65. The number of rotatable bonds is 9. The van der Waals surface area contributed by atoms with Crippen LogP contribution in [-0.2, 0) is 22.5 Å². The summed E-state index contributed by atoms with van der Waals surface area (Å²) in [5.41, 5.74) is 1.92. The third-order valence-corrected chi connectivity index (χ3v) is 6.90. The van der Waals surface area contributed by atoms with Gasteiger partial charge in [-0.3, -0.25) is 9.36 Å². The van der Waals surface area contributed by atoms with Gasteiger partial charge < -0.3 is 14.8 Å².